The number of carbonyl (C=O) groups is 1. The lowest BCUT2D eigenvalue weighted by atomic mass is 9.95. The first-order valence-electron chi connectivity index (χ1n) is 15.2. The molecule has 5 heterocycles. The van der Waals surface area contributed by atoms with E-state index in [0.717, 1.165) is 17.4 Å². The van der Waals surface area contributed by atoms with Gasteiger partial charge in [0.1, 0.15) is 11.6 Å². The number of benzene rings is 2. The maximum Gasteiger partial charge on any atom is 0.417 e. The van der Waals surface area contributed by atoms with Crippen molar-refractivity contribution in [3.63, 3.8) is 0 Å². The summed E-state index contributed by atoms with van der Waals surface area (Å²) in [6, 6.07) is 3.40. The summed E-state index contributed by atoms with van der Waals surface area (Å²) >= 11 is 2.29. The van der Waals surface area contributed by atoms with E-state index in [1.54, 1.807) is 16.8 Å². The zero-order valence-corrected chi connectivity index (χ0v) is 27.0. The van der Waals surface area contributed by atoms with Gasteiger partial charge in [0.15, 0.2) is 5.13 Å². The van der Waals surface area contributed by atoms with Gasteiger partial charge in [0.05, 0.1) is 34.5 Å². The van der Waals surface area contributed by atoms with Gasteiger partial charge in [-0.05, 0) is 24.3 Å². The lowest BCUT2D eigenvalue weighted by Crippen LogP contribution is -2.49. The van der Waals surface area contributed by atoms with Gasteiger partial charge in [-0.25, -0.2) is 14.2 Å². The zero-order chi connectivity index (χ0) is 33.0. The van der Waals surface area contributed by atoms with Crippen LogP contribution in [0.3, 0.4) is 0 Å². The van der Waals surface area contributed by atoms with Gasteiger partial charge in [0.2, 0.25) is 5.91 Å². The fourth-order valence-electron chi connectivity index (χ4n) is 6.59. The number of fused-ring (bicyclic) bond motifs is 1. The summed E-state index contributed by atoms with van der Waals surface area (Å²) in [6.07, 6.45) is -3.59. The van der Waals surface area contributed by atoms with Crippen LogP contribution in [-0.4, -0.2) is 102 Å². The number of thioether (sulfide) groups is 1. The largest absolute Gasteiger partial charge is 0.417 e. The number of piperazine rings is 1. The van der Waals surface area contributed by atoms with Crippen LogP contribution in [0.15, 0.2) is 40.5 Å². The van der Waals surface area contributed by atoms with E-state index in [9.17, 15) is 9.59 Å². The molecule has 16 heteroatoms. The highest BCUT2D eigenvalue weighted by atomic mass is 32.2. The van der Waals surface area contributed by atoms with Crippen LogP contribution >= 0.6 is 23.1 Å². The Bertz CT molecular complexity index is 1950. The molecule has 0 unspecified atom stereocenters. The summed E-state index contributed by atoms with van der Waals surface area (Å²) in [5.41, 5.74) is -1.02. The number of ether oxygens (including phenoxy) is 1. The number of hydrogen-bond donors (Lipinski definition) is 1. The van der Waals surface area contributed by atoms with Crippen LogP contribution in [0.4, 0.5) is 28.5 Å². The van der Waals surface area contributed by atoms with Gasteiger partial charge in [0, 0.05) is 86.1 Å². The molecule has 0 saturated carbocycles. The molecule has 47 heavy (non-hydrogen) atoms. The highest BCUT2D eigenvalue weighted by Crippen LogP contribution is 2.50. The quantitative estimate of drug-likeness (QED) is 0.240. The van der Waals surface area contributed by atoms with E-state index < -0.39 is 23.2 Å². The summed E-state index contributed by atoms with van der Waals surface area (Å²) in [4.78, 5) is 40.9. The molecule has 10 nitrogen and oxygen atoms in total. The fourth-order valence-corrected chi connectivity index (χ4v) is 8.84. The molecular formula is C31H31F4N7O3S2. The molecule has 2 saturated heterocycles. The Balaban J connectivity index is 1.50. The van der Waals surface area contributed by atoms with Crippen molar-refractivity contribution in [3.8, 4) is 11.1 Å². The number of amides is 1. The molecule has 0 aliphatic carbocycles. The number of hydrogen-bond acceptors (Lipinski definition) is 10. The Kier molecular flexibility index (Phi) is 8.39. The molecule has 1 amide bonds. The second-order valence-electron chi connectivity index (χ2n) is 11.5. The Morgan fingerprint density at radius 1 is 1.13 bits per heavy atom. The summed E-state index contributed by atoms with van der Waals surface area (Å²) in [5.74, 6) is -0.271. The standard InChI is InChI=1S/C31H31F4N7O3S2/c1-3-22(43)40-6-8-41(9-7-40)28-19-14-20(31(33,34)35)23(18-4-5-21(32)26-24(18)37-29(36-2)47-26)27-25(19)42(30(44)38-28)15-17(16-46-27)39-10-12-45-13-11-39/h3-5,14,17H,1,6-13,15-16H2,2H3,(H,36,37)/t17-/m0/s1. The zero-order valence-electron chi connectivity index (χ0n) is 25.4. The van der Waals surface area contributed by atoms with E-state index in [2.05, 4.69) is 26.8 Å². The normalized spacial score (nSPS) is 19.3. The van der Waals surface area contributed by atoms with Crippen LogP contribution in [0, 0.1) is 5.82 Å². The number of carbonyl (C=O) groups excluding carboxylic acids is 1. The molecule has 4 aromatic rings. The maximum absolute atomic E-state index is 15.3. The van der Waals surface area contributed by atoms with Crippen LogP contribution in [-0.2, 0) is 22.3 Å². The predicted octanol–water partition coefficient (Wildman–Crippen LogP) is 4.51. The average Bonchev–Trinajstić information content (AvgIpc) is 3.42. The average molecular weight is 690 g/mol. The van der Waals surface area contributed by atoms with E-state index in [1.807, 2.05) is 0 Å². The van der Waals surface area contributed by atoms with Crippen molar-refractivity contribution in [1.29, 1.82) is 0 Å². The molecule has 2 aromatic carbocycles. The molecular weight excluding hydrogens is 659 g/mol. The van der Waals surface area contributed by atoms with Crippen LogP contribution in [0.2, 0.25) is 0 Å². The minimum atomic E-state index is -4.81. The predicted molar refractivity (Wildman–Crippen MR) is 175 cm³/mol. The molecule has 3 aliphatic rings. The third kappa shape index (κ3) is 5.64. The Hall–Kier alpha value is -3.73. The second kappa shape index (κ2) is 12.4. The van der Waals surface area contributed by atoms with E-state index in [4.69, 9.17) is 4.74 Å². The first-order chi connectivity index (χ1) is 22.6. The number of aromatic nitrogens is 3. The number of nitrogens with one attached hydrogen (secondary N) is 1. The van der Waals surface area contributed by atoms with Crippen molar-refractivity contribution >= 4 is 61.1 Å². The van der Waals surface area contributed by atoms with E-state index >= 15 is 17.6 Å². The summed E-state index contributed by atoms with van der Waals surface area (Å²) in [5, 5.41) is 3.43. The molecule has 1 atom stereocenters. The van der Waals surface area contributed by atoms with E-state index in [1.165, 1.54) is 34.5 Å². The smallest absolute Gasteiger partial charge is 0.379 e. The van der Waals surface area contributed by atoms with Gasteiger partial charge < -0.3 is 19.9 Å². The van der Waals surface area contributed by atoms with Gasteiger partial charge in [-0.1, -0.05) is 17.9 Å². The third-order valence-electron chi connectivity index (χ3n) is 8.92. The maximum atomic E-state index is 15.3. The molecule has 2 fully saturated rings. The molecule has 2 aromatic heterocycles. The Morgan fingerprint density at radius 2 is 1.87 bits per heavy atom. The lowest BCUT2D eigenvalue weighted by molar-refractivity contribution is -0.137. The number of rotatable bonds is 5. The minimum Gasteiger partial charge on any atom is -0.379 e. The van der Waals surface area contributed by atoms with E-state index in [0.29, 0.717) is 55.8 Å². The van der Waals surface area contributed by atoms with Gasteiger partial charge in [0.25, 0.3) is 0 Å². The molecule has 0 radical (unpaired) electrons. The summed E-state index contributed by atoms with van der Waals surface area (Å²) in [6.45, 7) is 7.21. The van der Waals surface area contributed by atoms with Gasteiger partial charge in [-0.3, -0.25) is 14.3 Å². The van der Waals surface area contributed by atoms with Gasteiger partial charge in [-0.2, -0.15) is 18.2 Å². The van der Waals surface area contributed by atoms with Crippen molar-refractivity contribution in [2.75, 3.05) is 75.5 Å². The number of anilines is 2. The number of morpholine rings is 1. The molecule has 3 aliphatic heterocycles. The number of halogens is 4. The first kappa shape index (κ1) is 31.8. The van der Waals surface area contributed by atoms with Crippen molar-refractivity contribution in [1.82, 2.24) is 24.3 Å². The number of alkyl halides is 3. The third-order valence-corrected chi connectivity index (χ3v) is 11.2. The van der Waals surface area contributed by atoms with Crippen LogP contribution in [0.5, 0.6) is 0 Å². The number of nitrogens with zero attached hydrogens (tertiary/aromatic N) is 6. The second-order valence-corrected chi connectivity index (χ2v) is 13.6. The van der Waals surface area contributed by atoms with Crippen molar-refractivity contribution < 1.29 is 27.1 Å². The van der Waals surface area contributed by atoms with Crippen LogP contribution < -0.4 is 15.9 Å². The molecule has 248 valence electrons. The number of thiazole rings is 1. The SMILES string of the molecule is C=CC(=O)N1CCN(c2nc(=O)n3c4c(c(-c5ccc(F)c6sc(NC)nc56)c(C(F)(F)F)cc24)SC[C@@H](N2CCOCC2)C3)CC1. The van der Waals surface area contributed by atoms with Gasteiger partial charge in [-0.15, -0.1) is 11.8 Å². The van der Waals surface area contributed by atoms with Crippen molar-refractivity contribution in [2.45, 2.75) is 23.7 Å². The van der Waals surface area contributed by atoms with Crippen LogP contribution in [0.1, 0.15) is 5.56 Å². The fraction of sp³-hybridized carbons (Fsp3) is 0.419. The first-order valence-corrected chi connectivity index (χ1v) is 17.0. The minimum absolute atomic E-state index is 0.112. The molecule has 7 rings (SSSR count). The molecule has 1 N–H and O–H groups in total. The van der Waals surface area contributed by atoms with Gasteiger partial charge >= 0.3 is 11.9 Å². The van der Waals surface area contributed by atoms with E-state index in [-0.39, 0.29) is 69.0 Å². The summed E-state index contributed by atoms with van der Waals surface area (Å²) < 4.78 is 68.0. The topological polar surface area (TPSA) is 95.8 Å². The monoisotopic (exact) mass is 689 g/mol. The highest BCUT2D eigenvalue weighted by Gasteiger charge is 2.40. The molecule has 0 bridgehead atoms. The van der Waals surface area contributed by atoms with Crippen molar-refractivity contribution in [2.24, 2.45) is 0 Å². The summed E-state index contributed by atoms with van der Waals surface area (Å²) in [7, 11) is 1.61. The highest BCUT2D eigenvalue weighted by molar-refractivity contribution is 7.99. The van der Waals surface area contributed by atoms with Crippen molar-refractivity contribution in [3.05, 3.63) is 52.7 Å². The lowest BCUT2D eigenvalue weighted by Gasteiger charge is -2.36. The molecule has 0 spiro atoms. The Labute approximate surface area is 275 Å². The van der Waals surface area contributed by atoms with Crippen LogP contribution in [0.25, 0.3) is 32.2 Å². The Morgan fingerprint density at radius 3 is 2.55 bits per heavy atom.